The van der Waals surface area contributed by atoms with E-state index in [1.54, 1.807) is 24.5 Å². The summed E-state index contributed by atoms with van der Waals surface area (Å²) in [6.07, 6.45) is 37.8. The molecule has 0 saturated heterocycles. The highest BCUT2D eigenvalue weighted by Crippen LogP contribution is 2.14. The molecule has 0 bridgehead atoms. The van der Waals surface area contributed by atoms with Gasteiger partial charge < -0.3 is 14.2 Å². The van der Waals surface area contributed by atoms with Gasteiger partial charge in [0.05, 0.1) is 12.6 Å². The fraction of sp³-hybridized carbons (Fsp3) is 0.837. The number of nitrogens with one attached hydrogen (secondary N) is 1. The third-order valence-corrected chi connectivity index (χ3v) is 9.42. The zero-order chi connectivity index (χ0) is 38.3. The lowest BCUT2D eigenvalue weighted by Gasteiger charge is -2.23. The molecule has 0 spiro atoms. The van der Waals surface area contributed by atoms with Crippen molar-refractivity contribution in [3.05, 3.63) is 24.3 Å². The van der Waals surface area contributed by atoms with Crippen molar-refractivity contribution in [3.8, 4) is 0 Å². The average Bonchev–Trinajstić information content (AvgIpc) is 3.13. The lowest BCUT2D eigenvalue weighted by Crippen LogP contribution is -2.43. The molecule has 0 saturated carbocycles. The Hall–Kier alpha value is -2.23. The molecule has 2 atom stereocenters. The van der Waals surface area contributed by atoms with Gasteiger partial charge in [0.15, 0.2) is 6.10 Å². The molecular weight excluding hydrogens is 656 g/mol. The van der Waals surface area contributed by atoms with Gasteiger partial charge in [0.1, 0.15) is 6.61 Å². The largest absolute Gasteiger partial charge is 0.462 e. The number of esters is 2. The van der Waals surface area contributed by atoms with Crippen LogP contribution in [0.5, 0.6) is 0 Å². The first-order chi connectivity index (χ1) is 25.3. The number of rotatable bonds is 38. The second kappa shape index (κ2) is 38.5. The molecule has 0 aliphatic rings. The molecule has 0 radical (unpaired) electrons. The molecule has 0 fully saturated rings. The third kappa shape index (κ3) is 33.6. The summed E-state index contributed by atoms with van der Waals surface area (Å²) in [6.45, 7) is 4.70. The molecule has 0 rings (SSSR count). The minimum atomic E-state index is -0.715. The molecule has 9 heteroatoms. The van der Waals surface area contributed by atoms with E-state index in [1.165, 1.54) is 89.9 Å². The van der Waals surface area contributed by atoms with E-state index in [0.29, 0.717) is 19.3 Å². The lowest BCUT2D eigenvalue weighted by molar-refractivity contribution is -0.163. The van der Waals surface area contributed by atoms with Crippen LogP contribution in [-0.2, 0) is 28.6 Å². The van der Waals surface area contributed by atoms with Crippen LogP contribution in [0.1, 0.15) is 187 Å². The Bertz CT molecular complexity index is 893. The number of unbranched alkanes of at least 4 members (excludes halogenated alkanes) is 20. The van der Waals surface area contributed by atoms with Crippen LogP contribution in [0.3, 0.4) is 0 Å². The number of carbonyl (C=O) groups excluding carboxylic acids is 3. The summed E-state index contributed by atoms with van der Waals surface area (Å²) >= 11 is 0. The van der Waals surface area contributed by atoms with E-state index in [1.807, 2.05) is 0 Å². The van der Waals surface area contributed by atoms with Gasteiger partial charge in [-0.3, -0.25) is 24.5 Å². The van der Waals surface area contributed by atoms with Gasteiger partial charge in [0.2, 0.25) is 0 Å². The van der Waals surface area contributed by atoms with Gasteiger partial charge in [0, 0.05) is 19.4 Å². The fourth-order valence-corrected chi connectivity index (χ4v) is 6.09. The molecule has 0 heterocycles. The third-order valence-electron chi connectivity index (χ3n) is 9.42. The van der Waals surface area contributed by atoms with E-state index >= 15 is 0 Å². The van der Waals surface area contributed by atoms with Gasteiger partial charge in [-0.2, -0.15) is 0 Å². The van der Waals surface area contributed by atoms with Crippen molar-refractivity contribution in [2.75, 3.05) is 33.9 Å². The molecule has 1 amide bonds. The van der Waals surface area contributed by atoms with Crippen molar-refractivity contribution in [3.63, 3.8) is 0 Å². The van der Waals surface area contributed by atoms with Crippen molar-refractivity contribution in [2.45, 2.75) is 199 Å². The Morgan fingerprint density at radius 2 is 1.08 bits per heavy atom. The van der Waals surface area contributed by atoms with Gasteiger partial charge in [-0.1, -0.05) is 147 Å². The van der Waals surface area contributed by atoms with E-state index in [9.17, 15) is 14.4 Å². The summed E-state index contributed by atoms with van der Waals surface area (Å²) in [4.78, 5) is 38.8. The molecule has 0 aliphatic carbocycles. The molecule has 9 nitrogen and oxygen atoms in total. The van der Waals surface area contributed by atoms with Crippen LogP contribution in [0.25, 0.3) is 0 Å². The first-order valence-corrected chi connectivity index (χ1v) is 21.2. The summed E-state index contributed by atoms with van der Waals surface area (Å²) < 4.78 is 16.9. The zero-order valence-corrected chi connectivity index (χ0v) is 34.0. The summed E-state index contributed by atoms with van der Waals surface area (Å²) in [5.41, 5.74) is 1.69. The van der Waals surface area contributed by atoms with Crippen LogP contribution in [0, 0.1) is 0 Å². The van der Waals surface area contributed by atoms with Crippen LogP contribution < -0.4 is 5.48 Å². The highest BCUT2D eigenvalue weighted by atomic mass is 16.6. The molecule has 0 aromatic carbocycles. The number of hydrogen-bond acceptors (Lipinski definition) is 8. The SMILES string of the molecule is CCCCC/C=C/C/C=C/CCCCCCCC(=O)OCC(COCCC(C(=O)NO)N(C)C)OC(=O)CCCCCCCCCCCCCCC. The van der Waals surface area contributed by atoms with Crippen molar-refractivity contribution < 1.29 is 33.8 Å². The number of nitrogens with zero attached hydrogens (tertiary/aromatic N) is 1. The van der Waals surface area contributed by atoms with E-state index in [2.05, 4.69) is 38.2 Å². The summed E-state index contributed by atoms with van der Waals surface area (Å²) in [5, 5.41) is 9.02. The van der Waals surface area contributed by atoms with Gasteiger partial charge in [0.25, 0.3) is 5.91 Å². The highest BCUT2D eigenvalue weighted by Gasteiger charge is 2.21. The predicted octanol–water partition coefficient (Wildman–Crippen LogP) is 10.6. The quantitative estimate of drug-likeness (QED) is 0.0212. The zero-order valence-electron chi connectivity index (χ0n) is 34.0. The molecule has 0 aliphatic heterocycles. The van der Waals surface area contributed by atoms with Gasteiger partial charge in [-0.25, -0.2) is 5.48 Å². The minimum Gasteiger partial charge on any atom is -0.462 e. The average molecular weight is 737 g/mol. The maximum absolute atomic E-state index is 12.7. The number of likely N-dealkylation sites (N-methyl/N-ethyl adjacent to an activating group) is 1. The predicted molar refractivity (Wildman–Crippen MR) is 213 cm³/mol. The molecule has 52 heavy (non-hydrogen) atoms. The maximum atomic E-state index is 12.7. The van der Waals surface area contributed by atoms with Crippen LogP contribution in [0.2, 0.25) is 0 Å². The topological polar surface area (TPSA) is 114 Å². The van der Waals surface area contributed by atoms with Crippen molar-refractivity contribution >= 4 is 17.8 Å². The second-order valence-electron chi connectivity index (χ2n) is 14.6. The number of allylic oxidation sites excluding steroid dienone is 4. The molecule has 0 aromatic rings. The number of hydroxylamine groups is 1. The Kier molecular flexibility index (Phi) is 36.8. The van der Waals surface area contributed by atoms with E-state index in [-0.39, 0.29) is 31.8 Å². The van der Waals surface area contributed by atoms with Crippen molar-refractivity contribution in [2.24, 2.45) is 0 Å². The molecular formula is C43H80N2O7. The van der Waals surface area contributed by atoms with Crippen LogP contribution in [0.4, 0.5) is 0 Å². The second-order valence-corrected chi connectivity index (χ2v) is 14.6. The minimum absolute atomic E-state index is 0.0577. The van der Waals surface area contributed by atoms with Crippen molar-refractivity contribution in [1.29, 1.82) is 0 Å². The molecule has 304 valence electrons. The van der Waals surface area contributed by atoms with E-state index < -0.39 is 18.1 Å². The molecule has 0 aromatic heterocycles. The smallest absolute Gasteiger partial charge is 0.306 e. The number of amides is 1. The fourth-order valence-electron chi connectivity index (χ4n) is 6.09. The molecule has 2 unspecified atom stereocenters. The van der Waals surface area contributed by atoms with Crippen LogP contribution in [0.15, 0.2) is 24.3 Å². The Labute approximate surface area is 319 Å². The highest BCUT2D eigenvalue weighted by molar-refractivity contribution is 5.80. The Morgan fingerprint density at radius 1 is 0.615 bits per heavy atom. The summed E-state index contributed by atoms with van der Waals surface area (Å²) in [5.74, 6) is -1.13. The van der Waals surface area contributed by atoms with Crippen molar-refractivity contribution in [1.82, 2.24) is 10.4 Å². The van der Waals surface area contributed by atoms with E-state index in [4.69, 9.17) is 19.4 Å². The summed E-state index contributed by atoms with van der Waals surface area (Å²) in [6, 6.07) is -0.567. The monoisotopic (exact) mass is 737 g/mol. The lowest BCUT2D eigenvalue weighted by atomic mass is 10.0. The first kappa shape index (κ1) is 49.8. The normalized spacial score (nSPS) is 12.9. The van der Waals surface area contributed by atoms with Gasteiger partial charge in [-0.05, 0) is 65.5 Å². The Morgan fingerprint density at radius 3 is 1.60 bits per heavy atom. The van der Waals surface area contributed by atoms with E-state index in [0.717, 1.165) is 64.2 Å². The molecule has 2 N–H and O–H groups in total. The number of ether oxygens (including phenoxy) is 3. The Balaban J connectivity index is 4.36. The number of hydrogen-bond donors (Lipinski definition) is 2. The van der Waals surface area contributed by atoms with Gasteiger partial charge in [-0.15, -0.1) is 0 Å². The van der Waals surface area contributed by atoms with Crippen LogP contribution >= 0.6 is 0 Å². The first-order valence-electron chi connectivity index (χ1n) is 21.2. The number of carbonyl (C=O) groups is 3. The van der Waals surface area contributed by atoms with Crippen LogP contribution in [-0.4, -0.2) is 74.0 Å². The standard InChI is InChI=1S/C43H80N2O7/c1-5-7-9-11-13-15-17-19-20-22-23-25-27-29-31-33-41(46)51-38-39(37-50-36-35-40(45(3)4)43(48)44-49)52-42(47)34-32-30-28-26-24-21-18-16-14-12-10-8-6-2/h13,15,19-20,39-40,49H,5-12,14,16-18,21-38H2,1-4H3,(H,44,48)/b15-13+,20-19+. The van der Waals surface area contributed by atoms with Gasteiger partial charge >= 0.3 is 11.9 Å². The maximum Gasteiger partial charge on any atom is 0.306 e. The summed E-state index contributed by atoms with van der Waals surface area (Å²) in [7, 11) is 3.49.